The lowest BCUT2D eigenvalue weighted by molar-refractivity contribution is 0.102. The Kier molecular flexibility index (Phi) is 6.95. The van der Waals surface area contributed by atoms with Gasteiger partial charge in [-0.15, -0.1) is 0 Å². The fraction of sp³-hybridized carbons (Fsp3) is 0.0741. The van der Waals surface area contributed by atoms with Crippen LogP contribution in [0.2, 0.25) is 0 Å². The number of carbonyl (C=O) groups is 1. The number of nitrogens with one attached hydrogen (secondary N) is 1. The van der Waals surface area contributed by atoms with E-state index in [9.17, 15) is 13.6 Å². The van der Waals surface area contributed by atoms with E-state index in [1.807, 2.05) is 18.2 Å². The van der Waals surface area contributed by atoms with Gasteiger partial charge in [-0.05, 0) is 65.7 Å². The van der Waals surface area contributed by atoms with Gasteiger partial charge < -0.3 is 14.8 Å². The van der Waals surface area contributed by atoms with Crippen LogP contribution in [0.1, 0.15) is 21.5 Å². The zero-order chi connectivity index (χ0) is 23.0. The highest BCUT2D eigenvalue weighted by molar-refractivity contribution is 6.06. The molecular weight excluding hydrogens is 424 g/mol. The van der Waals surface area contributed by atoms with Crippen LogP contribution < -0.4 is 14.8 Å². The van der Waals surface area contributed by atoms with Gasteiger partial charge in [0, 0.05) is 5.69 Å². The number of hydrogen-bond donors (Lipinski definition) is 1. The average Bonchev–Trinajstić information content (AvgIpc) is 2.82. The minimum Gasteiger partial charge on any atom is -0.489 e. The summed E-state index contributed by atoms with van der Waals surface area (Å²) in [5, 5.41) is 2.83. The second-order valence-electron chi connectivity index (χ2n) is 7.32. The van der Waals surface area contributed by atoms with Crippen molar-refractivity contribution in [2.24, 2.45) is 0 Å². The second-order valence-corrected chi connectivity index (χ2v) is 7.32. The van der Waals surface area contributed by atoms with Crippen LogP contribution in [0.15, 0.2) is 97.1 Å². The summed E-state index contributed by atoms with van der Waals surface area (Å²) >= 11 is 0. The van der Waals surface area contributed by atoms with Crippen LogP contribution in [0.5, 0.6) is 11.5 Å². The Morgan fingerprint density at radius 2 is 1.33 bits per heavy atom. The van der Waals surface area contributed by atoms with E-state index >= 15 is 0 Å². The highest BCUT2D eigenvalue weighted by Gasteiger charge is 2.15. The fourth-order valence-corrected chi connectivity index (χ4v) is 3.20. The molecule has 166 valence electrons. The van der Waals surface area contributed by atoms with Gasteiger partial charge in [-0.2, -0.15) is 0 Å². The Morgan fingerprint density at radius 1 is 0.697 bits per heavy atom. The van der Waals surface area contributed by atoms with Crippen molar-refractivity contribution >= 4 is 11.6 Å². The van der Waals surface area contributed by atoms with E-state index in [0.29, 0.717) is 28.3 Å². The lowest BCUT2D eigenvalue weighted by atomic mass is 10.1. The molecular formula is C27H21F2NO3. The molecule has 0 fully saturated rings. The maximum absolute atomic E-state index is 13.5. The number of rotatable bonds is 8. The molecule has 0 unspecified atom stereocenters. The first-order valence-electron chi connectivity index (χ1n) is 10.3. The molecule has 4 aromatic rings. The molecule has 0 heterocycles. The molecule has 0 aliphatic heterocycles. The van der Waals surface area contributed by atoms with Crippen LogP contribution >= 0.6 is 0 Å². The number of anilines is 1. The normalized spacial score (nSPS) is 10.5. The summed E-state index contributed by atoms with van der Waals surface area (Å²) in [5.74, 6) is -0.340. The lowest BCUT2D eigenvalue weighted by Gasteiger charge is -2.14. The Balaban J connectivity index is 1.55. The predicted molar refractivity (Wildman–Crippen MR) is 122 cm³/mol. The number of amides is 1. The summed E-state index contributed by atoms with van der Waals surface area (Å²) in [7, 11) is 0. The first kappa shape index (κ1) is 22.0. The number of para-hydroxylation sites is 1. The molecule has 4 aromatic carbocycles. The van der Waals surface area contributed by atoms with Crippen molar-refractivity contribution < 1.29 is 23.0 Å². The number of benzene rings is 4. The lowest BCUT2D eigenvalue weighted by Crippen LogP contribution is -2.14. The van der Waals surface area contributed by atoms with Crippen molar-refractivity contribution in [3.05, 3.63) is 125 Å². The second kappa shape index (κ2) is 10.4. The van der Waals surface area contributed by atoms with Crippen LogP contribution in [-0.2, 0) is 13.2 Å². The third-order valence-corrected chi connectivity index (χ3v) is 4.81. The van der Waals surface area contributed by atoms with Crippen molar-refractivity contribution in [3.8, 4) is 11.5 Å². The quantitative estimate of drug-likeness (QED) is 0.343. The smallest absolute Gasteiger partial charge is 0.259 e. The first-order chi connectivity index (χ1) is 16.1. The molecule has 0 aliphatic carbocycles. The van der Waals surface area contributed by atoms with E-state index in [1.165, 1.54) is 24.3 Å². The molecule has 6 heteroatoms. The zero-order valence-corrected chi connectivity index (χ0v) is 17.6. The maximum atomic E-state index is 13.5. The Morgan fingerprint density at radius 3 is 1.97 bits per heavy atom. The molecule has 0 saturated carbocycles. The third-order valence-electron chi connectivity index (χ3n) is 4.81. The molecule has 0 aromatic heterocycles. The monoisotopic (exact) mass is 445 g/mol. The molecule has 4 rings (SSSR count). The Hall–Kier alpha value is -4.19. The molecule has 4 nitrogen and oxygen atoms in total. The minimum atomic E-state index is -0.383. The number of ether oxygens (including phenoxy) is 2. The standard InChI is InChI=1S/C27H21F2NO3/c28-21-8-4-6-19(14-21)17-32-24-12-13-26(33-18-20-7-5-9-22(29)15-20)25(16-24)27(31)30-23-10-2-1-3-11-23/h1-16H,17-18H2,(H,30,31). The summed E-state index contributed by atoms with van der Waals surface area (Å²) in [6.45, 7) is 0.230. The van der Waals surface area contributed by atoms with Crippen LogP contribution in [0, 0.1) is 11.6 Å². The summed E-state index contributed by atoms with van der Waals surface area (Å²) < 4.78 is 38.5. The Bertz CT molecular complexity index is 1250. The van der Waals surface area contributed by atoms with Crippen LogP contribution in [0.4, 0.5) is 14.5 Å². The van der Waals surface area contributed by atoms with Gasteiger partial charge >= 0.3 is 0 Å². The third kappa shape index (κ3) is 6.17. The molecule has 0 saturated heterocycles. The van der Waals surface area contributed by atoms with Crippen LogP contribution in [0.3, 0.4) is 0 Å². The van der Waals surface area contributed by atoms with Gasteiger partial charge in [0.2, 0.25) is 0 Å². The molecule has 1 N–H and O–H groups in total. The number of hydrogen-bond acceptors (Lipinski definition) is 3. The van der Waals surface area contributed by atoms with Gasteiger partial charge in [0.15, 0.2) is 0 Å². The topological polar surface area (TPSA) is 47.6 Å². The fourth-order valence-electron chi connectivity index (χ4n) is 3.20. The predicted octanol–water partition coefficient (Wildman–Crippen LogP) is 6.38. The molecule has 1 amide bonds. The summed E-state index contributed by atoms with van der Waals surface area (Å²) in [6.07, 6.45) is 0. The summed E-state index contributed by atoms with van der Waals surface area (Å²) in [6, 6.07) is 26.1. The molecule has 0 atom stereocenters. The highest BCUT2D eigenvalue weighted by atomic mass is 19.1. The molecule has 0 spiro atoms. The van der Waals surface area contributed by atoms with Gasteiger partial charge in [0.1, 0.15) is 36.3 Å². The molecule has 0 aliphatic rings. The minimum absolute atomic E-state index is 0.0902. The van der Waals surface area contributed by atoms with Crippen molar-refractivity contribution in [3.63, 3.8) is 0 Å². The van der Waals surface area contributed by atoms with Crippen molar-refractivity contribution in [1.82, 2.24) is 0 Å². The number of carbonyl (C=O) groups excluding carboxylic acids is 1. The first-order valence-corrected chi connectivity index (χ1v) is 10.3. The van der Waals surface area contributed by atoms with Crippen LogP contribution in [0.25, 0.3) is 0 Å². The van der Waals surface area contributed by atoms with Gasteiger partial charge in [-0.3, -0.25) is 4.79 Å². The van der Waals surface area contributed by atoms with E-state index in [1.54, 1.807) is 54.6 Å². The zero-order valence-electron chi connectivity index (χ0n) is 17.6. The van der Waals surface area contributed by atoms with Crippen molar-refractivity contribution in [1.29, 1.82) is 0 Å². The van der Waals surface area contributed by atoms with E-state index in [0.717, 1.165) is 0 Å². The van der Waals surface area contributed by atoms with E-state index < -0.39 is 0 Å². The molecule has 33 heavy (non-hydrogen) atoms. The highest BCUT2D eigenvalue weighted by Crippen LogP contribution is 2.27. The average molecular weight is 445 g/mol. The SMILES string of the molecule is O=C(Nc1ccccc1)c1cc(OCc2cccc(F)c2)ccc1OCc1cccc(F)c1. The van der Waals surface area contributed by atoms with Gasteiger partial charge in [0.05, 0.1) is 5.56 Å². The van der Waals surface area contributed by atoms with Gasteiger partial charge in [0.25, 0.3) is 5.91 Å². The van der Waals surface area contributed by atoms with Crippen molar-refractivity contribution in [2.45, 2.75) is 13.2 Å². The van der Waals surface area contributed by atoms with Crippen molar-refractivity contribution in [2.75, 3.05) is 5.32 Å². The number of halogens is 2. The van der Waals surface area contributed by atoms with E-state index in [2.05, 4.69) is 5.32 Å². The largest absolute Gasteiger partial charge is 0.489 e. The Labute approximate surface area is 190 Å². The van der Waals surface area contributed by atoms with Gasteiger partial charge in [-0.25, -0.2) is 8.78 Å². The summed E-state index contributed by atoms with van der Waals surface area (Å²) in [4.78, 5) is 13.0. The molecule has 0 radical (unpaired) electrons. The molecule has 0 bridgehead atoms. The summed E-state index contributed by atoms with van der Waals surface area (Å²) in [5.41, 5.74) is 2.18. The van der Waals surface area contributed by atoms with E-state index in [-0.39, 0.29) is 36.3 Å². The maximum Gasteiger partial charge on any atom is 0.259 e. The van der Waals surface area contributed by atoms with Crippen LogP contribution in [-0.4, -0.2) is 5.91 Å². The van der Waals surface area contributed by atoms with E-state index in [4.69, 9.17) is 9.47 Å². The van der Waals surface area contributed by atoms with Gasteiger partial charge in [-0.1, -0.05) is 42.5 Å².